The smallest absolute Gasteiger partial charge is 0.294 e. The topological polar surface area (TPSA) is 38.4 Å². The van der Waals surface area contributed by atoms with Crippen molar-refractivity contribution < 1.29 is 4.48 Å². The molecule has 0 aliphatic heterocycles. The molecule has 0 aromatic carbocycles. The monoisotopic (exact) mass is 284 g/mol. The van der Waals surface area contributed by atoms with Gasteiger partial charge in [-0.15, -0.1) is 0 Å². The van der Waals surface area contributed by atoms with Gasteiger partial charge in [0, 0.05) is 6.54 Å². The second kappa shape index (κ2) is 12.2. The summed E-state index contributed by atoms with van der Waals surface area (Å²) in [4.78, 5) is 4.71. The summed E-state index contributed by atoms with van der Waals surface area (Å²) in [6, 6.07) is 0. The first-order valence-electron chi connectivity index (χ1n) is 8.83. The zero-order chi connectivity index (χ0) is 15.3. The van der Waals surface area contributed by atoms with Crippen LogP contribution in [0.25, 0.3) is 0 Å². The van der Waals surface area contributed by atoms with Gasteiger partial charge in [0.2, 0.25) is 0 Å². The minimum absolute atomic E-state index is 0.896. The summed E-state index contributed by atoms with van der Waals surface area (Å²) in [6.45, 7) is 13.4. The summed E-state index contributed by atoms with van der Waals surface area (Å²) in [5.41, 5.74) is 6.44. The van der Waals surface area contributed by atoms with Gasteiger partial charge in [-0.3, -0.25) is 4.48 Å². The number of rotatable bonds is 12. The molecule has 0 saturated heterocycles. The lowest BCUT2D eigenvalue weighted by Gasteiger charge is -2.37. The molecule has 0 aliphatic rings. The molecule has 0 amide bonds. The average molecular weight is 285 g/mol. The maximum atomic E-state index is 6.44. The molecule has 0 bridgehead atoms. The number of guanidine groups is 1. The van der Waals surface area contributed by atoms with E-state index < -0.39 is 0 Å². The van der Waals surface area contributed by atoms with Crippen molar-refractivity contribution in [2.24, 2.45) is 10.7 Å². The van der Waals surface area contributed by atoms with Gasteiger partial charge in [0.1, 0.15) is 0 Å². The van der Waals surface area contributed by atoms with Crippen molar-refractivity contribution in [3.8, 4) is 0 Å². The highest BCUT2D eigenvalue weighted by atomic mass is 15.4. The molecule has 0 aromatic heterocycles. The molecule has 3 heteroatoms. The summed E-state index contributed by atoms with van der Waals surface area (Å²) >= 11 is 0. The third-order valence-electron chi connectivity index (χ3n) is 4.09. The predicted molar refractivity (Wildman–Crippen MR) is 91.0 cm³/mol. The zero-order valence-corrected chi connectivity index (χ0v) is 14.5. The van der Waals surface area contributed by atoms with Crippen LogP contribution in [0.3, 0.4) is 0 Å². The van der Waals surface area contributed by atoms with Gasteiger partial charge in [-0.05, 0) is 25.7 Å². The second-order valence-corrected chi connectivity index (χ2v) is 5.97. The fourth-order valence-electron chi connectivity index (χ4n) is 2.56. The van der Waals surface area contributed by atoms with Crippen molar-refractivity contribution in [3.05, 3.63) is 0 Å². The number of unbranched alkanes of at least 4 members (excludes halogenated alkanes) is 4. The first-order valence-corrected chi connectivity index (χ1v) is 8.83. The van der Waals surface area contributed by atoms with Crippen LogP contribution in [-0.2, 0) is 0 Å². The lowest BCUT2D eigenvalue weighted by atomic mass is 10.2. The zero-order valence-electron chi connectivity index (χ0n) is 14.5. The Morgan fingerprint density at radius 1 is 0.750 bits per heavy atom. The van der Waals surface area contributed by atoms with E-state index in [0.29, 0.717) is 0 Å². The summed E-state index contributed by atoms with van der Waals surface area (Å²) in [5, 5.41) is 0. The van der Waals surface area contributed by atoms with Gasteiger partial charge >= 0.3 is 0 Å². The van der Waals surface area contributed by atoms with Crippen molar-refractivity contribution in [1.29, 1.82) is 0 Å². The van der Waals surface area contributed by atoms with Gasteiger partial charge in [-0.2, -0.15) is 0 Å². The summed E-state index contributed by atoms with van der Waals surface area (Å²) in [5.74, 6) is 0.897. The van der Waals surface area contributed by atoms with Crippen LogP contribution in [0.1, 0.15) is 79.1 Å². The van der Waals surface area contributed by atoms with E-state index in [4.69, 9.17) is 10.7 Å². The standard InChI is InChI=1S/C17H38N3/c1-5-9-13-19-17(18)20(14-10-6-2,15-11-7-3)16-12-8-4/h5-16H2,1-4H3,(H2,18,19)/q+1. The fourth-order valence-corrected chi connectivity index (χ4v) is 2.56. The van der Waals surface area contributed by atoms with Gasteiger partial charge < -0.3 is 5.73 Å². The Morgan fingerprint density at radius 2 is 1.15 bits per heavy atom. The molecule has 2 N–H and O–H groups in total. The third kappa shape index (κ3) is 7.28. The normalized spacial score (nSPS) is 12.9. The molecule has 0 rings (SSSR count). The highest BCUT2D eigenvalue weighted by Crippen LogP contribution is 2.15. The van der Waals surface area contributed by atoms with Crippen molar-refractivity contribution in [2.75, 3.05) is 26.2 Å². The van der Waals surface area contributed by atoms with Gasteiger partial charge in [-0.25, -0.2) is 4.99 Å². The lowest BCUT2D eigenvalue weighted by Crippen LogP contribution is -2.58. The van der Waals surface area contributed by atoms with Gasteiger partial charge in [0.05, 0.1) is 19.6 Å². The van der Waals surface area contributed by atoms with Gasteiger partial charge in [-0.1, -0.05) is 53.4 Å². The van der Waals surface area contributed by atoms with Crippen molar-refractivity contribution in [1.82, 2.24) is 0 Å². The van der Waals surface area contributed by atoms with Crippen molar-refractivity contribution in [2.45, 2.75) is 79.1 Å². The Kier molecular flexibility index (Phi) is 11.8. The Labute approximate surface area is 127 Å². The van der Waals surface area contributed by atoms with E-state index in [2.05, 4.69) is 27.7 Å². The first kappa shape index (κ1) is 19.4. The first-order chi connectivity index (χ1) is 9.66. The fraction of sp³-hybridized carbons (Fsp3) is 0.941. The van der Waals surface area contributed by atoms with E-state index in [1.165, 1.54) is 44.9 Å². The lowest BCUT2D eigenvalue weighted by molar-refractivity contribution is -0.844. The molecular weight excluding hydrogens is 246 g/mol. The van der Waals surface area contributed by atoms with Crippen LogP contribution in [0.2, 0.25) is 0 Å². The Morgan fingerprint density at radius 3 is 1.50 bits per heavy atom. The Hall–Kier alpha value is -0.570. The highest BCUT2D eigenvalue weighted by molar-refractivity contribution is 5.71. The summed E-state index contributed by atoms with van der Waals surface area (Å²) in [6.07, 6.45) is 9.79. The van der Waals surface area contributed by atoms with Crippen LogP contribution in [0.4, 0.5) is 0 Å². The molecule has 0 aliphatic carbocycles. The molecule has 120 valence electrons. The van der Waals surface area contributed by atoms with E-state index >= 15 is 0 Å². The number of quaternary nitrogens is 1. The Bertz CT molecular complexity index is 227. The van der Waals surface area contributed by atoms with E-state index in [-0.39, 0.29) is 0 Å². The molecule has 0 atom stereocenters. The van der Waals surface area contributed by atoms with E-state index in [0.717, 1.165) is 43.0 Å². The maximum Gasteiger partial charge on any atom is 0.294 e. The van der Waals surface area contributed by atoms with Crippen LogP contribution >= 0.6 is 0 Å². The molecular formula is C17H38N3+. The molecule has 3 nitrogen and oxygen atoms in total. The van der Waals surface area contributed by atoms with Crippen LogP contribution in [0.5, 0.6) is 0 Å². The molecule has 0 aromatic rings. The molecule has 0 radical (unpaired) electrons. The SMILES string of the molecule is CCCCN=C(N)[N+](CCCC)(CCCC)CCCC. The number of nitrogens with two attached hydrogens (primary N) is 1. The van der Waals surface area contributed by atoms with Crippen molar-refractivity contribution >= 4 is 5.96 Å². The van der Waals surface area contributed by atoms with Crippen LogP contribution < -0.4 is 5.73 Å². The van der Waals surface area contributed by atoms with E-state index in [1.54, 1.807) is 0 Å². The van der Waals surface area contributed by atoms with Crippen LogP contribution in [0.15, 0.2) is 4.99 Å². The number of hydrogen-bond donors (Lipinski definition) is 1. The van der Waals surface area contributed by atoms with E-state index in [9.17, 15) is 0 Å². The number of aliphatic imine (C=N–C) groups is 1. The molecule has 0 spiro atoms. The summed E-state index contributed by atoms with van der Waals surface area (Å²) in [7, 11) is 0. The van der Waals surface area contributed by atoms with Crippen molar-refractivity contribution in [3.63, 3.8) is 0 Å². The molecule has 0 heterocycles. The number of nitrogens with zero attached hydrogens (tertiary/aromatic N) is 2. The molecule has 20 heavy (non-hydrogen) atoms. The highest BCUT2D eigenvalue weighted by Gasteiger charge is 2.30. The largest absolute Gasteiger partial charge is 0.338 e. The van der Waals surface area contributed by atoms with Crippen LogP contribution in [0, 0.1) is 0 Å². The molecule has 0 fully saturated rings. The summed E-state index contributed by atoms with van der Waals surface area (Å²) < 4.78 is 0.944. The minimum atomic E-state index is 0.896. The van der Waals surface area contributed by atoms with Gasteiger partial charge in [0.15, 0.2) is 0 Å². The minimum Gasteiger partial charge on any atom is -0.338 e. The average Bonchev–Trinajstić information content (AvgIpc) is 2.47. The second-order valence-electron chi connectivity index (χ2n) is 5.97. The van der Waals surface area contributed by atoms with E-state index in [1.807, 2.05) is 0 Å². The molecule has 0 saturated carbocycles. The molecule has 0 unspecified atom stereocenters. The third-order valence-corrected chi connectivity index (χ3v) is 4.09. The van der Waals surface area contributed by atoms with Gasteiger partial charge in [0.25, 0.3) is 5.96 Å². The maximum absolute atomic E-state index is 6.44. The van der Waals surface area contributed by atoms with Crippen LogP contribution in [-0.4, -0.2) is 36.6 Å². The quantitative estimate of drug-likeness (QED) is 0.246. The number of hydrogen-bond acceptors (Lipinski definition) is 1. The predicted octanol–water partition coefficient (Wildman–Crippen LogP) is 4.32. The Balaban J connectivity index is 4.94.